The minimum atomic E-state index is -4.43. The third kappa shape index (κ3) is 3.75. The van der Waals surface area contributed by atoms with Gasteiger partial charge in [-0.2, -0.15) is 18.3 Å². The number of hydrogen-bond acceptors (Lipinski definition) is 4. The molecule has 0 radical (unpaired) electrons. The van der Waals surface area contributed by atoms with Gasteiger partial charge in [0.05, 0.1) is 22.8 Å². The van der Waals surface area contributed by atoms with E-state index in [1.54, 1.807) is 30.9 Å². The molecule has 0 unspecified atom stereocenters. The lowest BCUT2D eigenvalue weighted by Gasteiger charge is -2.19. The normalized spacial score (nSPS) is 12.9. The van der Waals surface area contributed by atoms with Gasteiger partial charge in [-0.05, 0) is 30.7 Å². The number of rotatable bonds is 5. The summed E-state index contributed by atoms with van der Waals surface area (Å²) in [6, 6.07) is 13.2. The summed E-state index contributed by atoms with van der Waals surface area (Å²) in [7, 11) is 0. The van der Waals surface area contributed by atoms with Crippen LogP contribution in [0.25, 0.3) is 27.2 Å². The van der Waals surface area contributed by atoms with Gasteiger partial charge in [0.25, 0.3) is 0 Å². The molecule has 5 nitrogen and oxygen atoms in total. The largest absolute Gasteiger partial charge is 0.485 e. The second kappa shape index (κ2) is 7.83. The van der Waals surface area contributed by atoms with E-state index in [-0.39, 0.29) is 5.56 Å². The van der Waals surface area contributed by atoms with E-state index in [9.17, 15) is 13.2 Å². The lowest BCUT2D eigenvalue weighted by atomic mass is 10.0. The topological polar surface area (TPSA) is 55.7 Å². The van der Waals surface area contributed by atoms with E-state index in [0.717, 1.165) is 33.2 Å². The van der Waals surface area contributed by atoms with Crippen molar-refractivity contribution in [3.8, 4) is 21.9 Å². The standard InChI is InChI=1S/C23H17F3N4OS/c1-14(18-4-2-3-5-19(18)23(24,25)26)31-17-9-22(32-12-17)30-13-27-20-8-15(6-7-21(20)30)16-10-28-29-11-16/h2-14H,1H3,(H,28,29)/t14-/m1/s1. The maximum Gasteiger partial charge on any atom is 0.416 e. The minimum absolute atomic E-state index is 0.104. The highest BCUT2D eigenvalue weighted by atomic mass is 32.1. The number of halogens is 3. The lowest BCUT2D eigenvalue weighted by molar-refractivity contribution is -0.138. The highest BCUT2D eigenvalue weighted by Crippen LogP contribution is 2.37. The third-order valence-corrected chi connectivity index (χ3v) is 6.10. The molecule has 3 heterocycles. The number of fused-ring (bicyclic) bond motifs is 1. The number of nitrogens with zero attached hydrogens (tertiary/aromatic N) is 3. The van der Waals surface area contributed by atoms with Gasteiger partial charge in [-0.3, -0.25) is 9.67 Å². The van der Waals surface area contributed by atoms with Crippen LogP contribution in [-0.2, 0) is 6.18 Å². The van der Waals surface area contributed by atoms with Crippen LogP contribution in [0.2, 0.25) is 0 Å². The highest BCUT2D eigenvalue weighted by molar-refractivity contribution is 7.12. The Kier molecular flexibility index (Phi) is 4.97. The number of H-pyrrole nitrogens is 1. The van der Waals surface area contributed by atoms with Crippen molar-refractivity contribution in [2.75, 3.05) is 0 Å². The molecule has 5 aromatic rings. The molecule has 0 saturated heterocycles. The second-order valence-corrected chi connectivity index (χ2v) is 8.16. The van der Waals surface area contributed by atoms with Gasteiger partial charge in [0.2, 0.25) is 0 Å². The van der Waals surface area contributed by atoms with E-state index in [1.165, 1.54) is 23.5 Å². The molecule has 2 aromatic carbocycles. The fourth-order valence-electron chi connectivity index (χ4n) is 3.65. The summed E-state index contributed by atoms with van der Waals surface area (Å²) in [5.74, 6) is 0.506. The number of benzene rings is 2. The molecule has 0 aliphatic rings. The molecule has 0 spiro atoms. The predicted octanol–water partition coefficient (Wildman–Crippen LogP) is 6.64. The van der Waals surface area contributed by atoms with Crippen molar-refractivity contribution in [1.82, 2.24) is 19.7 Å². The van der Waals surface area contributed by atoms with Crippen LogP contribution in [0.5, 0.6) is 5.75 Å². The van der Waals surface area contributed by atoms with Crippen molar-refractivity contribution in [2.45, 2.75) is 19.2 Å². The smallest absolute Gasteiger partial charge is 0.416 e. The maximum absolute atomic E-state index is 13.3. The first-order valence-electron chi connectivity index (χ1n) is 9.78. The average molecular weight is 454 g/mol. The highest BCUT2D eigenvalue weighted by Gasteiger charge is 2.34. The Morgan fingerprint density at radius 3 is 2.72 bits per heavy atom. The zero-order chi connectivity index (χ0) is 22.3. The van der Waals surface area contributed by atoms with E-state index < -0.39 is 17.8 Å². The molecule has 1 N–H and O–H groups in total. The molecule has 0 fully saturated rings. The molecule has 3 aromatic heterocycles. The van der Waals surface area contributed by atoms with E-state index >= 15 is 0 Å². The number of alkyl halides is 3. The molecule has 0 amide bonds. The first-order chi connectivity index (χ1) is 15.4. The van der Waals surface area contributed by atoms with Crippen molar-refractivity contribution < 1.29 is 17.9 Å². The molecule has 1 atom stereocenters. The Hall–Kier alpha value is -3.59. The van der Waals surface area contributed by atoms with Crippen LogP contribution >= 0.6 is 11.3 Å². The Labute approximate surface area is 185 Å². The SMILES string of the molecule is C[C@@H](Oc1csc(-n2cnc3cc(-c4cn[nH]c4)ccc32)c1)c1ccccc1C(F)(F)F. The summed E-state index contributed by atoms with van der Waals surface area (Å²) >= 11 is 1.43. The number of imidazole rings is 1. The van der Waals surface area contributed by atoms with E-state index in [0.29, 0.717) is 5.75 Å². The van der Waals surface area contributed by atoms with Crippen molar-refractivity contribution >= 4 is 22.4 Å². The fourth-order valence-corrected chi connectivity index (χ4v) is 4.45. The third-order valence-electron chi connectivity index (χ3n) is 5.19. The maximum atomic E-state index is 13.3. The first-order valence-corrected chi connectivity index (χ1v) is 10.7. The van der Waals surface area contributed by atoms with E-state index in [2.05, 4.69) is 15.2 Å². The predicted molar refractivity (Wildman–Crippen MR) is 117 cm³/mol. The second-order valence-electron chi connectivity index (χ2n) is 7.27. The number of aromatic nitrogens is 4. The van der Waals surface area contributed by atoms with E-state index in [4.69, 9.17) is 4.74 Å². The number of ether oxygens (including phenoxy) is 1. The number of thiophene rings is 1. The number of nitrogens with one attached hydrogen (secondary N) is 1. The fraction of sp³-hybridized carbons (Fsp3) is 0.130. The van der Waals surface area contributed by atoms with Crippen molar-refractivity contribution in [3.63, 3.8) is 0 Å². The van der Waals surface area contributed by atoms with Crippen LogP contribution in [0, 0.1) is 0 Å². The van der Waals surface area contributed by atoms with Crippen LogP contribution in [0.4, 0.5) is 13.2 Å². The van der Waals surface area contributed by atoms with Gasteiger partial charge in [0.1, 0.15) is 23.2 Å². The monoisotopic (exact) mass is 454 g/mol. The summed E-state index contributed by atoms with van der Waals surface area (Å²) in [4.78, 5) is 4.50. The molecule has 0 aliphatic heterocycles. The van der Waals surface area contributed by atoms with Gasteiger partial charge in [0, 0.05) is 28.8 Å². The van der Waals surface area contributed by atoms with Crippen molar-refractivity contribution in [2.24, 2.45) is 0 Å². The molecule has 162 valence electrons. The summed E-state index contributed by atoms with van der Waals surface area (Å²) in [5, 5.41) is 9.41. The molecule has 9 heteroatoms. The van der Waals surface area contributed by atoms with E-state index in [1.807, 2.05) is 35.0 Å². The van der Waals surface area contributed by atoms with Crippen LogP contribution < -0.4 is 4.74 Å². The molecule has 0 saturated carbocycles. The summed E-state index contributed by atoms with van der Waals surface area (Å²) in [6.07, 6.45) is 0.103. The van der Waals surface area contributed by atoms with Gasteiger partial charge in [-0.25, -0.2) is 4.98 Å². The molecular weight excluding hydrogens is 437 g/mol. The molecule has 0 aliphatic carbocycles. The lowest BCUT2D eigenvalue weighted by Crippen LogP contribution is -2.13. The van der Waals surface area contributed by atoms with Crippen LogP contribution in [0.3, 0.4) is 0 Å². The van der Waals surface area contributed by atoms with Gasteiger partial charge >= 0.3 is 6.18 Å². The number of aromatic amines is 1. The van der Waals surface area contributed by atoms with Crippen LogP contribution in [0.1, 0.15) is 24.2 Å². The van der Waals surface area contributed by atoms with Gasteiger partial charge in [0.15, 0.2) is 0 Å². The first kappa shape index (κ1) is 20.3. The molecule has 5 rings (SSSR count). The zero-order valence-electron chi connectivity index (χ0n) is 16.8. The Morgan fingerprint density at radius 2 is 1.94 bits per heavy atom. The minimum Gasteiger partial charge on any atom is -0.485 e. The van der Waals surface area contributed by atoms with Crippen molar-refractivity contribution in [3.05, 3.63) is 83.8 Å². The number of hydrogen-bond donors (Lipinski definition) is 1. The average Bonchev–Trinajstić information content (AvgIpc) is 3.53. The van der Waals surface area contributed by atoms with Crippen molar-refractivity contribution in [1.29, 1.82) is 0 Å². The van der Waals surface area contributed by atoms with Crippen LogP contribution in [0.15, 0.2) is 72.6 Å². The summed E-state index contributed by atoms with van der Waals surface area (Å²) in [6.45, 7) is 1.62. The molecule has 32 heavy (non-hydrogen) atoms. The molecular formula is C23H17F3N4OS. The Bertz CT molecular complexity index is 1370. The van der Waals surface area contributed by atoms with Crippen LogP contribution in [-0.4, -0.2) is 19.7 Å². The van der Waals surface area contributed by atoms with Gasteiger partial charge in [-0.15, -0.1) is 11.3 Å². The quantitative estimate of drug-likeness (QED) is 0.324. The van der Waals surface area contributed by atoms with Gasteiger partial charge in [-0.1, -0.05) is 24.3 Å². The Morgan fingerprint density at radius 1 is 1.09 bits per heavy atom. The molecule has 0 bridgehead atoms. The van der Waals surface area contributed by atoms with Gasteiger partial charge < -0.3 is 4.74 Å². The summed E-state index contributed by atoms with van der Waals surface area (Å²) < 4.78 is 47.8. The summed E-state index contributed by atoms with van der Waals surface area (Å²) in [5.41, 5.74) is 3.14. The Balaban J connectivity index is 1.40. The zero-order valence-corrected chi connectivity index (χ0v) is 17.6.